The van der Waals surface area contributed by atoms with Gasteiger partial charge >= 0.3 is 0 Å². The molecule has 0 saturated heterocycles. The van der Waals surface area contributed by atoms with Crippen LogP contribution in [0.15, 0.2) is 16.6 Å². The van der Waals surface area contributed by atoms with Crippen molar-refractivity contribution in [3.05, 3.63) is 27.7 Å². The summed E-state index contributed by atoms with van der Waals surface area (Å²) in [5.74, 6) is 1.46. The van der Waals surface area contributed by atoms with Crippen molar-refractivity contribution in [1.29, 1.82) is 0 Å². The average molecular weight is 328 g/mol. The summed E-state index contributed by atoms with van der Waals surface area (Å²) in [7, 11) is 0. The van der Waals surface area contributed by atoms with Gasteiger partial charge in [0.1, 0.15) is 11.9 Å². The molecule has 0 radical (unpaired) electrons. The smallest absolute Gasteiger partial charge is 0.120 e. The second-order valence-corrected chi connectivity index (χ2v) is 6.27. The number of rotatable bonds is 7. The van der Waals surface area contributed by atoms with Gasteiger partial charge in [0.2, 0.25) is 0 Å². The van der Waals surface area contributed by atoms with Crippen LogP contribution in [-0.4, -0.2) is 19.2 Å². The molecule has 0 amide bonds. The molecular weight excluding hydrogens is 302 g/mol. The lowest BCUT2D eigenvalue weighted by molar-refractivity contribution is 0.149. The maximum atomic E-state index is 6.16. The molecule has 0 aliphatic rings. The van der Waals surface area contributed by atoms with Gasteiger partial charge in [-0.1, -0.05) is 36.7 Å². The van der Waals surface area contributed by atoms with Crippen LogP contribution in [0.1, 0.15) is 38.3 Å². The van der Waals surface area contributed by atoms with Crippen LogP contribution < -0.4 is 10.1 Å². The zero-order valence-corrected chi connectivity index (χ0v) is 14.3. The molecule has 0 aromatic heterocycles. The monoisotopic (exact) mass is 327 g/mol. The van der Waals surface area contributed by atoms with Gasteiger partial charge in [0.05, 0.1) is 0 Å². The van der Waals surface area contributed by atoms with Crippen molar-refractivity contribution >= 4 is 15.9 Å². The lowest BCUT2D eigenvalue weighted by atomic mass is 10.1. The van der Waals surface area contributed by atoms with Crippen molar-refractivity contribution in [3.8, 4) is 5.75 Å². The molecule has 108 valence electrons. The van der Waals surface area contributed by atoms with E-state index in [2.05, 4.69) is 68.0 Å². The summed E-state index contributed by atoms with van der Waals surface area (Å²) in [6.07, 6.45) is 1.37. The fraction of sp³-hybridized carbons (Fsp3) is 0.625. The summed E-state index contributed by atoms with van der Waals surface area (Å²) in [6.45, 7) is 12.7. The van der Waals surface area contributed by atoms with Crippen molar-refractivity contribution in [3.63, 3.8) is 0 Å². The molecule has 1 unspecified atom stereocenters. The number of ether oxygens (including phenoxy) is 1. The first kappa shape index (κ1) is 16.5. The Morgan fingerprint density at radius 1 is 1.21 bits per heavy atom. The predicted molar refractivity (Wildman–Crippen MR) is 86.0 cm³/mol. The maximum Gasteiger partial charge on any atom is 0.120 e. The molecule has 0 aliphatic heterocycles. The van der Waals surface area contributed by atoms with Gasteiger partial charge in [0, 0.05) is 11.0 Å². The maximum absolute atomic E-state index is 6.16. The molecule has 1 aromatic rings. The Kier molecular flexibility index (Phi) is 6.87. The molecule has 0 saturated carbocycles. The van der Waals surface area contributed by atoms with E-state index in [1.807, 2.05) is 0 Å². The molecule has 19 heavy (non-hydrogen) atoms. The normalized spacial score (nSPS) is 12.8. The van der Waals surface area contributed by atoms with Gasteiger partial charge in [-0.05, 0) is 56.0 Å². The summed E-state index contributed by atoms with van der Waals surface area (Å²) < 4.78 is 7.33. The molecule has 0 heterocycles. The summed E-state index contributed by atoms with van der Waals surface area (Å²) in [4.78, 5) is 0. The fourth-order valence-corrected chi connectivity index (χ4v) is 2.21. The topological polar surface area (TPSA) is 21.3 Å². The Morgan fingerprint density at radius 3 is 2.26 bits per heavy atom. The van der Waals surface area contributed by atoms with Gasteiger partial charge in [0.15, 0.2) is 0 Å². The van der Waals surface area contributed by atoms with E-state index < -0.39 is 0 Å². The van der Waals surface area contributed by atoms with Crippen molar-refractivity contribution in [1.82, 2.24) is 5.32 Å². The minimum absolute atomic E-state index is 0.214. The largest absolute Gasteiger partial charge is 0.489 e. The van der Waals surface area contributed by atoms with Crippen LogP contribution in [0.4, 0.5) is 0 Å². The molecule has 2 nitrogen and oxygen atoms in total. The zero-order valence-electron chi connectivity index (χ0n) is 12.7. The molecule has 1 atom stereocenters. The van der Waals surface area contributed by atoms with E-state index in [9.17, 15) is 0 Å². The molecule has 0 bridgehead atoms. The van der Waals surface area contributed by atoms with Gasteiger partial charge in [0.25, 0.3) is 0 Å². The highest BCUT2D eigenvalue weighted by molar-refractivity contribution is 9.10. The van der Waals surface area contributed by atoms with Gasteiger partial charge in [-0.2, -0.15) is 0 Å². The molecule has 1 rings (SSSR count). The Labute approximate surface area is 126 Å². The van der Waals surface area contributed by atoms with Crippen molar-refractivity contribution in [2.45, 2.75) is 47.1 Å². The van der Waals surface area contributed by atoms with Crippen LogP contribution in [0.5, 0.6) is 5.75 Å². The average Bonchev–Trinajstić information content (AvgIpc) is 2.34. The van der Waals surface area contributed by atoms with Gasteiger partial charge in [-0.25, -0.2) is 0 Å². The lowest BCUT2D eigenvalue weighted by Crippen LogP contribution is -2.35. The number of halogens is 1. The van der Waals surface area contributed by atoms with E-state index in [0.717, 1.165) is 25.3 Å². The zero-order chi connectivity index (χ0) is 14.4. The number of nitrogens with one attached hydrogen (secondary N) is 1. The summed E-state index contributed by atoms with van der Waals surface area (Å²) >= 11 is 3.59. The highest BCUT2D eigenvalue weighted by atomic mass is 79.9. The van der Waals surface area contributed by atoms with Crippen LogP contribution in [-0.2, 0) is 0 Å². The van der Waals surface area contributed by atoms with Gasteiger partial charge in [-0.15, -0.1) is 0 Å². The molecule has 1 aromatic carbocycles. The van der Waals surface area contributed by atoms with E-state index in [1.54, 1.807) is 0 Å². The lowest BCUT2D eigenvalue weighted by Gasteiger charge is -2.24. The SMILES string of the molecule is CCCNCC(Oc1cc(C)c(Br)c(C)c1)C(C)C. The summed E-state index contributed by atoms with van der Waals surface area (Å²) in [6, 6.07) is 4.21. The Hall–Kier alpha value is -0.540. The Bertz CT molecular complexity index is 381. The van der Waals surface area contributed by atoms with Gasteiger partial charge < -0.3 is 10.1 Å². The van der Waals surface area contributed by atoms with Crippen molar-refractivity contribution in [2.75, 3.05) is 13.1 Å². The third-order valence-electron chi connectivity index (χ3n) is 3.21. The van der Waals surface area contributed by atoms with Crippen molar-refractivity contribution < 1.29 is 4.74 Å². The van der Waals surface area contributed by atoms with E-state index in [1.165, 1.54) is 15.6 Å². The highest BCUT2D eigenvalue weighted by Gasteiger charge is 2.15. The van der Waals surface area contributed by atoms with Crippen LogP contribution in [0.3, 0.4) is 0 Å². The van der Waals surface area contributed by atoms with E-state index in [0.29, 0.717) is 5.92 Å². The Morgan fingerprint density at radius 2 is 1.79 bits per heavy atom. The first-order valence-corrected chi connectivity index (χ1v) is 7.89. The number of aryl methyl sites for hydroxylation is 2. The molecule has 0 spiro atoms. The number of hydrogen-bond acceptors (Lipinski definition) is 2. The minimum atomic E-state index is 0.214. The van der Waals surface area contributed by atoms with Gasteiger partial charge in [-0.3, -0.25) is 0 Å². The third kappa shape index (κ3) is 5.15. The van der Waals surface area contributed by atoms with Crippen molar-refractivity contribution in [2.24, 2.45) is 5.92 Å². The minimum Gasteiger partial charge on any atom is -0.489 e. The Balaban J connectivity index is 2.73. The fourth-order valence-electron chi connectivity index (χ4n) is 1.98. The van der Waals surface area contributed by atoms with Crippen LogP contribution >= 0.6 is 15.9 Å². The number of benzene rings is 1. The molecule has 0 aliphatic carbocycles. The summed E-state index contributed by atoms with van der Waals surface area (Å²) in [5.41, 5.74) is 2.44. The first-order valence-electron chi connectivity index (χ1n) is 7.09. The second-order valence-electron chi connectivity index (χ2n) is 5.48. The van der Waals surface area contributed by atoms with Crippen LogP contribution in [0.2, 0.25) is 0 Å². The van der Waals surface area contributed by atoms with Crippen LogP contribution in [0, 0.1) is 19.8 Å². The molecule has 3 heteroatoms. The highest BCUT2D eigenvalue weighted by Crippen LogP contribution is 2.27. The molecular formula is C16H26BrNO. The van der Waals surface area contributed by atoms with E-state index in [4.69, 9.17) is 4.74 Å². The standard InChI is InChI=1S/C16H26BrNO/c1-6-7-18-10-15(11(2)3)19-14-8-12(4)16(17)13(5)9-14/h8-9,11,15,18H,6-7,10H2,1-5H3. The van der Waals surface area contributed by atoms with E-state index >= 15 is 0 Å². The first-order chi connectivity index (χ1) is 8.95. The quantitative estimate of drug-likeness (QED) is 0.746. The van der Waals surface area contributed by atoms with E-state index in [-0.39, 0.29) is 6.10 Å². The predicted octanol–water partition coefficient (Wildman–Crippen LogP) is 4.47. The third-order valence-corrected chi connectivity index (χ3v) is 4.46. The molecule has 0 fully saturated rings. The van der Waals surface area contributed by atoms with Crippen LogP contribution in [0.25, 0.3) is 0 Å². The second kappa shape index (κ2) is 7.91. The number of hydrogen-bond donors (Lipinski definition) is 1. The summed E-state index contributed by atoms with van der Waals surface area (Å²) in [5, 5.41) is 3.44. The molecule has 1 N–H and O–H groups in total.